The van der Waals surface area contributed by atoms with Gasteiger partial charge in [-0.15, -0.1) is 5.10 Å². The van der Waals surface area contributed by atoms with Gasteiger partial charge in [-0.3, -0.25) is 9.78 Å². The Morgan fingerprint density at radius 1 is 1.50 bits per heavy atom. The summed E-state index contributed by atoms with van der Waals surface area (Å²) in [5, 5.41) is 16.2. The summed E-state index contributed by atoms with van der Waals surface area (Å²) in [6.07, 6.45) is 3.25. The molecule has 0 amide bonds. The average molecular weight is 218 g/mol. The molecular formula is C10H10N4O2. The van der Waals surface area contributed by atoms with E-state index in [2.05, 4.69) is 15.3 Å². The standard InChI is InChI=1S/C10H10N4O2/c1-7-2-3-11-8(4-7)9-5-14(13-12-9)6-10(15)16/h2-5H,6H2,1H3,(H,15,16). The lowest BCUT2D eigenvalue weighted by molar-refractivity contribution is -0.137. The fraction of sp³-hybridized carbons (Fsp3) is 0.200. The number of nitrogens with zero attached hydrogens (tertiary/aromatic N) is 4. The van der Waals surface area contributed by atoms with Crippen LogP contribution < -0.4 is 0 Å². The number of rotatable bonds is 3. The summed E-state index contributed by atoms with van der Waals surface area (Å²) in [4.78, 5) is 14.6. The fourth-order valence-electron chi connectivity index (χ4n) is 1.31. The van der Waals surface area contributed by atoms with E-state index in [0.717, 1.165) is 5.56 Å². The third-order valence-corrected chi connectivity index (χ3v) is 2.01. The first kappa shape index (κ1) is 10.3. The summed E-state index contributed by atoms with van der Waals surface area (Å²) < 4.78 is 1.27. The largest absolute Gasteiger partial charge is 0.480 e. The van der Waals surface area contributed by atoms with Gasteiger partial charge in [-0.2, -0.15) is 0 Å². The molecule has 0 aromatic carbocycles. The Bertz CT molecular complexity index is 521. The Labute approximate surface area is 91.6 Å². The normalized spacial score (nSPS) is 10.3. The molecule has 0 aliphatic rings. The minimum absolute atomic E-state index is 0.196. The van der Waals surface area contributed by atoms with Crippen molar-refractivity contribution in [3.63, 3.8) is 0 Å². The van der Waals surface area contributed by atoms with Crippen molar-refractivity contribution in [2.75, 3.05) is 0 Å². The summed E-state index contributed by atoms with van der Waals surface area (Å²) in [6.45, 7) is 1.76. The van der Waals surface area contributed by atoms with E-state index < -0.39 is 5.97 Å². The highest BCUT2D eigenvalue weighted by Crippen LogP contribution is 2.13. The van der Waals surface area contributed by atoms with Crippen molar-refractivity contribution in [3.05, 3.63) is 30.1 Å². The number of aryl methyl sites for hydroxylation is 1. The zero-order valence-electron chi connectivity index (χ0n) is 8.66. The molecule has 82 valence electrons. The van der Waals surface area contributed by atoms with Gasteiger partial charge in [-0.05, 0) is 24.6 Å². The Hall–Kier alpha value is -2.24. The van der Waals surface area contributed by atoms with Crippen molar-refractivity contribution in [3.8, 4) is 11.4 Å². The number of pyridine rings is 1. The molecule has 0 fully saturated rings. The third-order valence-electron chi connectivity index (χ3n) is 2.01. The van der Waals surface area contributed by atoms with Gasteiger partial charge in [0.2, 0.25) is 0 Å². The Kier molecular flexibility index (Phi) is 2.63. The molecule has 6 heteroatoms. The van der Waals surface area contributed by atoms with Crippen LogP contribution in [0.15, 0.2) is 24.5 Å². The van der Waals surface area contributed by atoms with Gasteiger partial charge in [-0.25, -0.2) is 4.68 Å². The predicted molar refractivity (Wildman–Crippen MR) is 55.6 cm³/mol. The molecule has 2 aromatic rings. The summed E-state index contributed by atoms with van der Waals surface area (Å²) in [5.41, 5.74) is 2.33. The summed E-state index contributed by atoms with van der Waals surface area (Å²) >= 11 is 0. The maximum Gasteiger partial charge on any atom is 0.325 e. The molecule has 0 bridgehead atoms. The van der Waals surface area contributed by atoms with Gasteiger partial charge in [0.05, 0.1) is 11.9 Å². The minimum Gasteiger partial charge on any atom is -0.480 e. The monoisotopic (exact) mass is 218 g/mol. The van der Waals surface area contributed by atoms with Crippen molar-refractivity contribution in [2.24, 2.45) is 0 Å². The van der Waals surface area contributed by atoms with Crippen LogP contribution in [-0.2, 0) is 11.3 Å². The Morgan fingerprint density at radius 2 is 2.31 bits per heavy atom. The first-order valence-electron chi connectivity index (χ1n) is 4.70. The highest BCUT2D eigenvalue weighted by atomic mass is 16.4. The molecule has 0 spiro atoms. The first-order chi connectivity index (χ1) is 7.65. The quantitative estimate of drug-likeness (QED) is 0.821. The SMILES string of the molecule is Cc1ccnc(-c2cn(CC(=O)O)nn2)c1. The molecule has 6 nitrogen and oxygen atoms in total. The van der Waals surface area contributed by atoms with Crippen molar-refractivity contribution in [1.82, 2.24) is 20.0 Å². The highest BCUT2D eigenvalue weighted by Gasteiger charge is 2.07. The Morgan fingerprint density at radius 3 is 3.00 bits per heavy atom. The van der Waals surface area contributed by atoms with E-state index in [4.69, 9.17) is 5.11 Å². The van der Waals surface area contributed by atoms with Crippen molar-refractivity contribution in [2.45, 2.75) is 13.5 Å². The molecule has 0 unspecified atom stereocenters. The van der Waals surface area contributed by atoms with Gasteiger partial charge in [0.25, 0.3) is 0 Å². The molecule has 0 aliphatic carbocycles. The lowest BCUT2D eigenvalue weighted by atomic mass is 10.2. The van der Waals surface area contributed by atoms with Crippen LogP contribution in [0, 0.1) is 6.92 Å². The van der Waals surface area contributed by atoms with Crippen LogP contribution in [0.1, 0.15) is 5.56 Å². The summed E-state index contributed by atoms with van der Waals surface area (Å²) in [7, 11) is 0. The van der Waals surface area contributed by atoms with Crippen LogP contribution in [0.25, 0.3) is 11.4 Å². The second kappa shape index (κ2) is 4.09. The molecule has 1 N–H and O–H groups in total. The van der Waals surface area contributed by atoms with Crippen LogP contribution in [0.4, 0.5) is 0 Å². The van der Waals surface area contributed by atoms with Gasteiger partial charge in [-0.1, -0.05) is 5.21 Å². The molecule has 0 aliphatic heterocycles. The van der Waals surface area contributed by atoms with E-state index in [-0.39, 0.29) is 6.54 Å². The van der Waals surface area contributed by atoms with E-state index >= 15 is 0 Å². The maximum atomic E-state index is 10.5. The van der Waals surface area contributed by atoms with Crippen LogP contribution in [-0.4, -0.2) is 31.1 Å². The van der Waals surface area contributed by atoms with Crippen LogP contribution in [0.3, 0.4) is 0 Å². The van der Waals surface area contributed by atoms with E-state index in [1.165, 1.54) is 4.68 Å². The number of carboxylic acids is 1. The fourth-order valence-corrected chi connectivity index (χ4v) is 1.31. The zero-order valence-corrected chi connectivity index (χ0v) is 8.66. The predicted octanol–water partition coefficient (Wildman–Crippen LogP) is 0.733. The lowest BCUT2D eigenvalue weighted by Gasteiger charge is -1.95. The summed E-state index contributed by atoms with van der Waals surface area (Å²) in [5.74, 6) is -0.950. The van der Waals surface area contributed by atoms with E-state index in [0.29, 0.717) is 11.4 Å². The number of aliphatic carboxylic acids is 1. The molecule has 2 heterocycles. The highest BCUT2D eigenvalue weighted by molar-refractivity contribution is 5.66. The minimum atomic E-state index is -0.950. The van der Waals surface area contributed by atoms with Crippen molar-refractivity contribution in [1.29, 1.82) is 0 Å². The smallest absolute Gasteiger partial charge is 0.325 e. The van der Waals surface area contributed by atoms with Crippen LogP contribution in [0.5, 0.6) is 0 Å². The van der Waals surface area contributed by atoms with Gasteiger partial charge in [0.15, 0.2) is 0 Å². The van der Waals surface area contributed by atoms with Gasteiger partial charge in [0, 0.05) is 6.20 Å². The first-order valence-corrected chi connectivity index (χ1v) is 4.70. The van der Waals surface area contributed by atoms with E-state index in [1.54, 1.807) is 12.4 Å². The van der Waals surface area contributed by atoms with Crippen molar-refractivity contribution < 1.29 is 9.90 Å². The molecule has 2 rings (SSSR count). The molecule has 0 saturated carbocycles. The van der Waals surface area contributed by atoms with E-state index in [9.17, 15) is 4.79 Å². The Balaban J connectivity index is 2.28. The maximum absolute atomic E-state index is 10.5. The molecule has 0 atom stereocenters. The van der Waals surface area contributed by atoms with E-state index in [1.807, 2.05) is 19.1 Å². The molecule has 16 heavy (non-hydrogen) atoms. The zero-order chi connectivity index (χ0) is 11.5. The average Bonchev–Trinajstić information content (AvgIpc) is 2.65. The van der Waals surface area contributed by atoms with Crippen LogP contribution >= 0.6 is 0 Å². The molecular weight excluding hydrogens is 208 g/mol. The molecule has 0 saturated heterocycles. The van der Waals surface area contributed by atoms with Gasteiger partial charge >= 0.3 is 5.97 Å². The second-order valence-corrected chi connectivity index (χ2v) is 3.41. The second-order valence-electron chi connectivity index (χ2n) is 3.41. The van der Waals surface area contributed by atoms with Gasteiger partial charge in [0.1, 0.15) is 12.2 Å². The number of hydrogen-bond donors (Lipinski definition) is 1. The molecule has 0 radical (unpaired) electrons. The third kappa shape index (κ3) is 2.22. The number of aromatic nitrogens is 4. The van der Waals surface area contributed by atoms with Crippen molar-refractivity contribution >= 4 is 5.97 Å². The number of hydrogen-bond acceptors (Lipinski definition) is 4. The van der Waals surface area contributed by atoms with Gasteiger partial charge < -0.3 is 5.11 Å². The number of carbonyl (C=O) groups is 1. The number of carboxylic acid groups (broad SMARTS) is 1. The molecule has 2 aromatic heterocycles. The summed E-state index contributed by atoms with van der Waals surface area (Å²) in [6, 6.07) is 3.75. The lowest BCUT2D eigenvalue weighted by Crippen LogP contribution is -2.08. The topological polar surface area (TPSA) is 80.9 Å². The van der Waals surface area contributed by atoms with Crippen LogP contribution in [0.2, 0.25) is 0 Å².